The number of benzene rings is 16. The van der Waals surface area contributed by atoms with Gasteiger partial charge in [0, 0.05) is 43.8 Å². The number of rotatable bonds is 6. The van der Waals surface area contributed by atoms with Crippen LogP contribution in [0.5, 0.6) is 0 Å². The van der Waals surface area contributed by atoms with Gasteiger partial charge in [-0.1, -0.05) is 285 Å². The lowest BCUT2D eigenvalue weighted by molar-refractivity contribution is 0.669. The van der Waals surface area contributed by atoms with Crippen LogP contribution in [0.3, 0.4) is 0 Å². The molecule has 2 heteroatoms. The third-order valence-electron chi connectivity index (χ3n) is 17.7. The molecule has 0 unspecified atom stereocenters. The van der Waals surface area contributed by atoms with Gasteiger partial charge in [-0.3, -0.25) is 0 Å². The molecule has 0 spiro atoms. The van der Waals surface area contributed by atoms with Gasteiger partial charge in [-0.15, -0.1) is 0 Å². The summed E-state index contributed by atoms with van der Waals surface area (Å²) in [6.45, 7) is 0. The van der Waals surface area contributed by atoms with Crippen molar-refractivity contribution < 1.29 is 8.83 Å². The lowest BCUT2D eigenvalue weighted by Crippen LogP contribution is -1.93. The molecule has 0 fully saturated rings. The van der Waals surface area contributed by atoms with Gasteiger partial charge in [0.2, 0.25) is 0 Å². The first-order valence-corrected chi connectivity index (χ1v) is 29.5. The normalized spacial score (nSPS) is 11.7. The lowest BCUT2D eigenvalue weighted by Gasteiger charge is -2.20. The molecule has 0 atom stereocenters. The highest BCUT2D eigenvalue weighted by Gasteiger charge is 2.23. The maximum Gasteiger partial charge on any atom is 0.143 e. The zero-order valence-electron chi connectivity index (χ0n) is 46.8. The highest BCUT2D eigenvalue weighted by Crippen LogP contribution is 2.50. The van der Waals surface area contributed by atoms with E-state index in [4.69, 9.17) is 8.83 Å². The second kappa shape index (κ2) is 20.2. The van der Waals surface area contributed by atoms with E-state index in [0.29, 0.717) is 0 Å². The molecule has 0 saturated heterocycles. The van der Waals surface area contributed by atoms with Crippen molar-refractivity contribution in [2.75, 3.05) is 0 Å². The lowest BCUT2D eigenvalue weighted by atomic mass is 9.83. The first-order chi connectivity index (χ1) is 42.7. The predicted molar refractivity (Wildman–Crippen MR) is 365 cm³/mol. The summed E-state index contributed by atoms with van der Waals surface area (Å²) in [7, 11) is 0. The van der Waals surface area contributed by atoms with E-state index in [9.17, 15) is 0 Å². The molecular formula is C84H52O2. The fourth-order valence-electron chi connectivity index (χ4n) is 13.9. The Bertz CT molecular complexity index is 5620. The maximum absolute atomic E-state index is 6.56. The van der Waals surface area contributed by atoms with Crippen LogP contribution >= 0.6 is 0 Å². The Kier molecular flexibility index (Phi) is 11.6. The number of hydrogen-bond acceptors (Lipinski definition) is 2. The average Bonchev–Trinajstić information content (AvgIpc) is 1.53. The quantitative estimate of drug-likeness (QED) is 0.155. The Morgan fingerprint density at radius 2 is 0.477 bits per heavy atom. The third-order valence-corrected chi connectivity index (χ3v) is 17.7. The van der Waals surface area contributed by atoms with Gasteiger partial charge in [0.15, 0.2) is 0 Å². The van der Waals surface area contributed by atoms with Crippen LogP contribution in [0.4, 0.5) is 0 Å². The molecule has 0 aliphatic carbocycles. The standard InChI is InChI=1S/2C42H26O/c1-2-12-28-25-30(24-23-27(28)11-1)29-13-9-14-31(26-29)40-33-16-3-5-18-35(33)41(36-19-6-4-17-34(36)40)38-21-10-20-37-32-15-7-8-22-39(32)43-42(37)38;1-2-13-28-26-29(25-24-27(28)12-1)30-14-3-4-16-32(30)40-33-17-5-7-19-35(33)41(36-20-8-6-18-34(36)40)38-22-11-21-37-31-15-9-10-23-39(31)43-42(37)38/h2*1-26H. The Labute approximate surface area is 496 Å². The molecule has 2 nitrogen and oxygen atoms in total. The average molecular weight is 1090 g/mol. The molecule has 0 radical (unpaired) electrons. The topological polar surface area (TPSA) is 26.3 Å². The Morgan fingerprint density at radius 3 is 0.965 bits per heavy atom. The van der Waals surface area contributed by atoms with Crippen molar-refractivity contribution >= 4 is 109 Å². The van der Waals surface area contributed by atoms with Gasteiger partial charge < -0.3 is 8.83 Å². The fraction of sp³-hybridized carbons (Fsp3) is 0. The molecule has 2 heterocycles. The monoisotopic (exact) mass is 1090 g/mol. The number of para-hydroxylation sites is 4. The summed E-state index contributed by atoms with van der Waals surface area (Å²) in [6.07, 6.45) is 0. The summed E-state index contributed by atoms with van der Waals surface area (Å²) >= 11 is 0. The van der Waals surface area contributed by atoms with E-state index in [1.54, 1.807) is 0 Å². The molecule has 0 amide bonds. The largest absolute Gasteiger partial charge is 0.455 e. The number of furan rings is 2. The Hall–Kier alpha value is -11.3. The minimum Gasteiger partial charge on any atom is -0.455 e. The van der Waals surface area contributed by atoms with Crippen LogP contribution in [0.15, 0.2) is 324 Å². The van der Waals surface area contributed by atoms with E-state index in [2.05, 4.69) is 303 Å². The highest BCUT2D eigenvalue weighted by atomic mass is 16.3. The van der Waals surface area contributed by atoms with Gasteiger partial charge >= 0.3 is 0 Å². The van der Waals surface area contributed by atoms with Crippen LogP contribution in [0.2, 0.25) is 0 Å². The summed E-state index contributed by atoms with van der Waals surface area (Å²) in [5, 5.41) is 19.4. The smallest absolute Gasteiger partial charge is 0.143 e. The van der Waals surface area contributed by atoms with Crippen LogP contribution in [-0.4, -0.2) is 0 Å². The molecule has 400 valence electrons. The Balaban J connectivity index is 0.000000134. The first kappa shape index (κ1) is 49.3. The summed E-state index contributed by atoms with van der Waals surface area (Å²) in [5.74, 6) is 0. The van der Waals surface area contributed by atoms with Crippen molar-refractivity contribution in [3.05, 3.63) is 315 Å². The fourth-order valence-corrected chi connectivity index (χ4v) is 13.9. The van der Waals surface area contributed by atoms with Gasteiger partial charge in [0.05, 0.1) is 0 Å². The third kappa shape index (κ3) is 8.03. The molecule has 86 heavy (non-hydrogen) atoms. The van der Waals surface area contributed by atoms with Crippen molar-refractivity contribution in [1.82, 2.24) is 0 Å². The minimum absolute atomic E-state index is 0.916. The van der Waals surface area contributed by atoms with Crippen molar-refractivity contribution in [1.29, 1.82) is 0 Å². The van der Waals surface area contributed by atoms with Gasteiger partial charge in [-0.05, 0) is 139 Å². The van der Waals surface area contributed by atoms with Crippen molar-refractivity contribution in [3.63, 3.8) is 0 Å². The molecule has 16 aromatic carbocycles. The molecule has 18 rings (SSSR count). The van der Waals surface area contributed by atoms with Crippen molar-refractivity contribution in [3.8, 4) is 66.8 Å². The SMILES string of the molecule is c1cc(-c2ccc3ccccc3c2)cc(-c2c3ccccc3c(-c3cccc4c3oc3ccccc34)c3ccccc23)c1.c1ccc(-c2c3ccccc3c(-c3cccc4c3oc3ccccc34)c3ccccc23)c(-c2ccc3ccccc3c2)c1. The van der Waals surface area contributed by atoms with Gasteiger partial charge in [0.25, 0.3) is 0 Å². The molecule has 0 saturated carbocycles. The van der Waals surface area contributed by atoms with Crippen molar-refractivity contribution in [2.24, 2.45) is 0 Å². The van der Waals surface area contributed by atoms with E-state index in [0.717, 1.165) is 55.0 Å². The molecule has 0 aliphatic rings. The zero-order valence-corrected chi connectivity index (χ0v) is 46.8. The van der Waals surface area contributed by atoms with Gasteiger partial charge in [-0.2, -0.15) is 0 Å². The highest BCUT2D eigenvalue weighted by molar-refractivity contribution is 6.26. The van der Waals surface area contributed by atoms with E-state index in [1.807, 2.05) is 12.1 Å². The van der Waals surface area contributed by atoms with E-state index >= 15 is 0 Å². The van der Waals surface area contributed by atoms with Crippen LogP contribution in [-0.2, 0) is 0 Å². The second-order valence-corrected chi connectivity index (χ2v) is 22.5. The maximum atomic E-state index is 6.56. The van der Waals surface area contributed by atoms with E-state index in [1.165, 1.54) is 120 Å². The molecular weight excluding hydrogens is 1040 g/mol. The molecule has 2 aromatic heterocycles. The van der Waals surface area contributed by atoms with Crippen molar-refractivity contribution in [2.45, 2.75) is 0 Å². The summed E-state index contributed by atoms with van der Waals surface area (Å²) in [4.78, 5) is 0. The predicted octanol–water partition coefficient (Wildman–Crippen LogP) is 24.1. The second-order valence-electron chi connectivity index (χ2n) is 22.5. The molecule has 18 aromatic rings. The zero-order chi connectivity index (χ0) is 56.7. The summed E-state index contributed by atoms with van der Waals surface area (Å²) in [6, 6.07) is 114. The first-order valence-electron chi connectivity index (χ1n) is 29.5. The van der Waals surface area contributed by atoms with Crippen LogP contribution in [0.25, 0.3) is 175 Å². The molecule has 0 bridgehead atoms. The van der Waals surface area contributed by atoms with Gasteiger partial charge in [0.1, 0.15) is 22.3 Å². The Morgan fingerprint density at radius 1 is 0.163 bits per heavy atom. The molecule has 0 N–H and O–H groups in total. The summed E-state index contributed by atoms with van der Waals surface area (Å²) in [5.41, 5.74) is 18.2. The van der Waals surface area contributed by atoms with Crippen LogP contribution in [0, 0.1) is 0 Å². The van der Waals surface area contributed by atoms with Crippen LogP contribution in [0.1, 0.15) is 0 Å². The van der Waals surface area contributed by atoms with E-state index in [-0.39, 0.29) is 0 Å². The minimum atomic E-state index is 0.916. The number of hydrogen-bond donors (Lipinski definition) is 0. The molecule has 0 aliphatic heterocycles. The van der Waals surface area contributed by atoms with Crippen LogP contribution < -0.4 is 0 Å². The number of fused-ring (bicyclic) bond motifs is 12. The summed E-state index contributed by atoms with van der Waals surface area (Å²) < 4.78 is 13.1. The van der Waals surface area contributed by atoms with E-state index < -0.39 is 0 Å². The van der Waals surface area contributed by atoms with Gasteiger partial charge in [-0.25, -0.2) is 0 Å².